The molecule has 1 amide bonds. The van der Waals surface area contributed by atoms with E-state index >= 15 is 0 Å². The zero-order valence-electron chi connectivity index (χ0n) is 18.3. The molecule has 1 unspecified atom stereocenters. The number of nitrogens with zero attached hydrogens (tertiary/aromatic N) is 1. The summed E-state index contributed by atoms with van der Waals surface area (Å²) < 4.78 is 11.2. The number of hydrogen-bond donors (Lipinski definition) is 0. The van der Waals surface area contributed by atoms with Gasteiger partial charge in [0.1, 0.15) is 11.5 Å². The standard InChI is InChI=1S/C24H34ClNO3/c1-7-9-18(3)11-16-22(19(4)25)29-23(10-8-2)24(27)26(5)17-20-12-14-21(28-6)15-13-20/h11-16,23H,3,7-10,17H2,1-2,4-6H3/b16-11-,22-19-. The van der Waals surface area contributed by atoms with Crippen LogP contribution in [0.2, 0.25) is 0 Å². The van der Waals surface area contributed by atoms with Gasteiger partial charge in [-0.3, -0.25) is 4.79 Å². The maximum absolute atomic E-state index is 13.0. The summed E-state index contributed by atoms with van der Waals surface area (Å²) in [6.07, 6.45) is 6.50. The number of likely N-dealkylation sites (N-methyl/N-ethyl adjacent to an activating group) is 1. The second-order valence-corrected chi connectivity index (χ2v) is 7.64. The van der Waals surface area contributed by atoms with Crippen LogP contribution in [0.1, 0.15) is 52.0 Å². The lowest BCUT2D eigenvalue weighted by Gasteiger charge is -2.25. The van der Waals surface area contributed by atoms with E-state index in [0.717, 1.165) is 36.1 Å². The fraction of sp³-hybridized carbons (Fsp3) is 0.458. The van der Waals surface area contributed by atoms with Gasteiger partial charge in [-0.2, -0.15) is 0 Å². The minimum atomic E-state index is -0.587. The van der Waals surface area contributed by atoms with Gasteiger partial charge in [0.05, 0.1) is 12.1 Å². The van der Waals surface area contributed by atoms with Crippen LogP contribution < -0.4 is 4.74 Å². The van der Waals surface area contributed by atoms with Gasteiger partial charge in [0, 0.05) is 13.6 Å². The first kappa shape index (κ1) is 24.8. The molecule has 1 atom stereocenters. The first-order valence-electron chi connectivity index (χ1n) is 10.1. The fourth-order valence-corrected chi connectivity index (χ4v) is 2.92. The third-order valence-electron chi connectivity index (χ3n) is 4.43. The molecule has 0 N–H and O–H groups in total. The number of benzene rings is 1. The Morgan fingerprint density at radius 2 is 1.86 bits per heavy atom. The molecule has 0 saturated heterocycles. The predicted octanol–water partition coefficient (Wildman–Crippen LogP) is 6.22. The van der Waals surface area contributed by atoms with Crippen LogP contribution in [0.3, 0.4) is 0 Å². The Hall–Kier alpha value is -2.20. The van der Waals surface area contributed by atoms with Gasteiger partial charge in [0.15, 0.2) is 6.10 Å². The Morgan fingerprint density at radius 1 is 1.21 bits per heavy atom. The van der Waals surface area contributed by atoms with Gasteiger partial charge in [0.25, 0.3) is 5.91 Å². The first-order valence-corrected chi connectivity index (χ1v) is 10.5. The monoisotopic (exact) mass is 419 g/mol. The molecule has 0 radical (unpaired) electrons. The number of ether oxygens (including phenoxy) is 2. The van der Waals surface area contributed by atoms with Crippen LogP contribution >= 0.6 is 11.6 Å². The number of rotatable bonds is 12. The van der Waals surface area contributed by atoms with Crippen molar-refractivity contribution in [1.29, 1.82) is 0 Å². The molecule has 0 aromatic heterocycles. The summed E-state index contributed by atoms with van der Waals surface area (Å²) in [5.74, 6) is 1.23. The zero-order chi connectivity index (χ0) is 21.8. The van der Waals surface area contributed by atoms with E-state index in [1.54, 1.807) is 32.1 Å². The summed E-state index contributed by atoms with van der Waals surface area (Å²) in [6, 6.07) is 7.68. The van der Waals surface area contributed by atoms with Crippen LogP contribution in [0.15, 0.2) is 59.4 Å². The van der Waals surface area contributed by atoms with Crippen molar-refractivity contribution in [2.45, 2.75) is 59.1 Å². The second kappa shape index (κ2) is 13.1. The summed E-state index contributed by atoms with van der Waals surface area (Å²) in [6.45, 7) is 10.4. The lowest BCUT2D eigenvalue weighted by atomic mass is 10.1. The van der Waals surface area contributed by atoms with Gasteiger partial charge < -0.3 is 14.4 Å². The van der Waals surface area contributed by atoms with Crippen molar-refractivity contribution in [2.75, 3.05) is 14.2 Å². The van der Waals surface area contributed by atoms with Crippen LogP contribution in [-0.2, 0) is 16.1 Å². The van der Waals surface area contributed by atoms with Gasteiger partial charge in [0.2, 0.25) is 0 Å². The lowest BCUT2D eigenvalue weighted by Crippen LogP contribution is -2.37. The quantitative estimate of drug-likeness (QED) is 0.298. The highest BCUT2D eigenvalue weighted by atomic mass is 35.5. The normalized spacial score (nSPS) is 13.0. The number of methoxy groups -OCH3 is 1. The molecule has 0 aliphatic carbocycles. The summed E-state index contributed by atoms with van der Waals surface area (Å²) >= 11 is 6.23. The molecule has 4 nitrogen and oxygen atoms in total. The smallest absolute Gasteiger partial charge is 0.263 e. The minimum Gasteiger partial charge on any atom is -0.497 e. The average Bonchev–Trinajstić information content (AvgIpc) is 2.70. The van der Waals surface area contributed by atoms with E-state index in [1.165, 1.54) is 0 Å². The number of carbonyl (C=O) groups excluding carboxylic acids is 1. The van der Waals surface area contributed by atoms with Gasteiger partial charge in [-0.1, -0.05) is 68.7 Å². The number of allylic oxidation sites excluding steroid dienone is 4. The Morgan fingerprint density at radius 3 is 2.38 bits per heavy atom. The first-order chi connectivity index (χ1) is 13.8. The molecule has 1 aromatic rings. The number of hydrogen-bond acceptors (Lipinski definition) is 3. The Kier molecular flexibility index (Phi) is 11.2. The minimum absolute atomic E-state index is 0.0705. The molecule has 0 heterocycles. The Bertz CT molecular complexity index is 718. The molecule has 0 spiro atoms. The molecule has 29 heavy (non-hydrogen) atoms. The number of carbonyl (C=O) groups is 1. The molecule has 160 valence electrons. The van der Waals surface area contributed by atoms with Crippen molar-refractivity contribution in [2.24, 2.45) is 0 Å². The highest BCUT2D eigenvalue weighted by Gasteiger charge is 2.24. The van der Waals surface area contributed by atoms with Crippen molar-refractivity contribution >= 4 is 17.5 Å². The maximum Gasteiger partial charge on any atom is 0.263 e. The van der Waals surface area contributed by atoms with E-state index in [4.69, 9.17) is 21.1 Å². The summed E-state index contributed by atoms with van der Waals surface area (Å²) in [5, 5.41) is 0.511. The third kappa shape index (κ3) is 8.78. The van der Waals surface area contributed by atoms with Crippen molar-refractivity contribution < 1.29 is 14.3 Å². The molecule has 1 rings (SSSR count). The van der Waals surface area contributed by atoms with E-state index < -0.39 is 6.10 Å². The summed E-state index contributed by atoms with van der Waals surface area (Å²) in [5.41, 5.74) is 2.03. The number of halogens is 1. The molecular weight excluding hydrogens is 386 g/mol. The lowest BCUT2D eigenvalue weighted by molar-refractivity contribution is -0.140. The topological polar surface area (TPSA) is 38.8 Å². The van der Waals surface area contributed by atoms with E-state index in [1.807, 2.05) is 37.3 Å². The SMILES string of the molecule is C=C(/C=C\C(OC(CCC)C(=O)N(C)Cc1ccc(OC)cc1)=C(/C)Cl)CCC. The van der Waals surface area contributed by atoms with Gasteiger partial charge in [-0.15, -0.1) is 0 Å². The molecule has 1 aromatic carbocycles. The van der Waals surface area contributed by atoms with Crippen molar-refractivity contribution in [3.8, 4) is 5.75 Å². The second-order valence-electron chi connectivity index (χ2n) is 7.08. The number of amides is 1. The highest BCUT2D eigenvalue weighted by Crippen LogP contribution is 2.20. The molecular formula is C24H34ClNO3. The Labute approximate surface area is 180 Å². The van der Waals surface area contributed by atoms with E-state index in [2.05, 4.69) is 13.5 Å². The molecule has 0 saturated carbocycles. The molecule has 0 aliphatic heterocycles. The van der Waals surface area contributed by atoms with Crippen LogP contribution in [-0.4, -0.2) is 31.1 Å². The van der Waals surface area contributed by atoms with E-state index in [9.17, 15) is 4.79 Å². The largest absolute Gasteiger partial charge is 0.497 e. The van der Waals surface area contributed by atoms with Gasteiger partial charge >= 0.3 is 0 Å². The van der Waals surface area contributed by atoms with E-state index in [-0.39, 0.29) is 5.91 Å². The fourth-order valence-electron chi connectivity index (χ4n) is 2.81. The van der Waals surface area contributed by atoms with Crippen LogP contribution in [0.4, 0.5) is 0 Å². The van der Waals surface area contributed by atoms with Crippen LogP contribution in [0, 0.1) is 0 Å². The zero-order valence-corrected chi connectivity index (χ0v) is 19.1. The average molecular weight is 420 g/mol. The summed E-state index contributed by atoms with van der Waals surface area (Å²) in [4.78, 5) is 14.7. The molecule has 0 aliphatic rings. The van der Waals surface area contributed by atoms with Crippen molar-refractivity contribution in [3.05, 3.63) is 64.9 Å². The van der Waals surface area contributed by atoms with E-state index in [0.29, 0.717) is 23.8 Å². The highest BCUT2D eigenvalue weighted by molar-refractivity contribution is 6.29. The Balaban J connectivity index is 2.87. The summed E-state index contributed by atoms with van der Waals surface area (Å²) in [7, 11) is 3.42. The van der Waals surface area contributed by atoms with Gasteiger partial charge in [-0.25, -0.2) is 0 Å². The van der Waals surface area contributed by atoms with Gasteiger partial charge in [-0.05, 0) is 43.5 Å². The van der Waals surface area contributed by atoms with Crippen molar-refractivity contribution in [1.82, 2.24) is 4.90 Å². The van der Waals surface area contributed by atoms with Crippen LogP contribution in [0.5, 0.6) is 5.75 Å². The third-order valence-corrected chi connectivity index (χ3v) is 4.62. The predicted molar refractivity (Wildman–Crippen MR) is 121 cm³/mol. The molecule has 5 heteroatoms. The van der Waals surface area contributed by atoms with Crippen molar-refractivity contribution in [3.63, 3.8) is 0 Å². The van der Waals surface area contributed by atoms with Crippen LogP contribution in [0.25, 0.3) is 0 Å². The molecule has 0 fully saturated rings. The maximum atomic E-state index is 13.0. The molecule has 0 bridgehead atoms.